The molecule has 0 aliphatic carbocycles. The summed E-state index contributed by atoms with van der Waals surface area (Å²) >= 11 is 0. The van der Waals surface area contributed by atoms with Gasteiger partial charge in [-0.3, -0.25) is 0 Å². The van der Waals surface area contributed by atoms with E-state index in [1.165, 1.54) is 5.56 Å². The quantitative estimate of drug-likeness (QED) is 0.196. The van der Waals surface area contributed by atoms with Gasteiger partial charge in [0.25, 0.3) is 0 Å². The van der Waals surface area contributed by atoms with Crippen molar-refractivity contribution in [3.63, 3.8) is 0 Å². The second kappa shape index (κ2) is 18.0. The molecule has 3 aromatic rings. The lowest BCUT2D eigenvalue weighted by atomic mass is 9.88. The zero-order chi connectivity index (χ0) is 30.1. The SMILES string of the molecule is CNC(=O)NCCc1ccccc1OCCO[C@H]1CNCC[C@@H]1c1ccc(OCCCOCc2ccccc2OC)cc1. The fraction of sp³-hybridized carbons (Fsp3) is 0.441. The Morgan fingerprint density at radius 1 is 0.884 bits per heavy atom. The minimum atomic E-state index is -0.188. The summed E-state index contributed by atoms with van der Waals surface area (Å²) in [7, 11) is 3.28. The van der Waals surface area contributed by atoms with Crippen LogP contribution in [-0.2, 0) is 22.5 Å². The molecule has 0 radical (unpaired) electrons. The van der Waals surface area contributed by atoms with Gasteiger partial charge in [-0.15, -0.1) is 0 Å². The highest BCUT2D eigenvalue weighted by Crippen LogP contribution is 2.29. The molecule has 1 aliphatic rings. The Labute approximate surface area is 255 Å². The Kier molecular flexibility index (Phi) is 13.5. The van der Waals surface area contributed by atoms with Gasteiger partial charge in [0.2, 0.25) is 0 Å². The third kappa shape index (κ3) is 10.5. The van der Waals surface area contributed by atoms with Crippen molar-refractivity contribution >= 4 is 6.03 Å². The molecular weight excluding hydrogens is 546 g/mol. The fourth-order valence-corrected chi connectivity index (χ4v) is 5.15. The van der Waals surface area contributed by atoms with E-state index in [4.69, 9.17) is 23.7 Å². The summed E-state index contributed by atoms with van der Waals surface area (Å²) in [4.78, 5) is 11.4. The predicted octanol–water partition coefficient (Wildman–Crippen LogP) is 4.69. The van der Waals surface area contributed by atoms with E-state index in [0.717, 1.165) is 54.3 Å². The van der Waals surface area contributed by atoms with E-state index in [9.17, 15) is 4.79 Å². The zero-order valence-electron chi connectivity index (χ0n) is 25.3. The summed E-state index contributed by atoms with van der Waals surface area (Å²) in [5.74, 6) is 2.83. The number of hydrogen-bond donors (Lipinski definition) is 3. The van der Waals surface area contributed by atoms with Gasteiger partial charge in [0.05, 0.1) is 39.6 Å². The van der Waals surface area contributed by atoms with Crippen LogP contribution in [0.3, 0.4) is 0 Å². The largest absolute Gasteiger partial charge is 0.496 e. The fourth-order valence-electron chi connectivity index (χ4n) is 5.15. The van der Waals surface area contributed by atoms with Crippen LogP contribution < -0.4 is 30.2 Å². The summed E-state index contributed by atoms with van der Waals surface area (Å²) in [6.07, 6.45) is 2.57. The molecule has 232 valence electrons. The number of hydrogen-bond acceptors (Lipinski definition) is 7. The van der Waals surface area contributed by atoms with Gasteiger partial charge in [-0.05, 0) is 54.8 Å². The molecule has 1 fully saturated rings. The third-order valence-corrected chi connectivity index (χ3v) is 7.44. The van der Waals surface area contributed by atoms with Gasteiger partial charge in [-0.2, -0.15) is 0 Å². The van der Waals surface area contributed by atoms with Gasteiger partial charge in [-0.1, -0.05) is 48.5 Å². The van der Waals surface area contributed by atoms with Gasteiger partial charge in [0, 0.05) is 38.0 Å². The minimum absolute atomic E-state index is 0.0662. The van der Waals surface area contributed by atoms with E-state index in [-0.39, 0.29) is 12.1 Å². The molecule has 0 unspecified atom stereocenters. The second-order valence-electron chi connectivity index (χ2n) is 10.4. The van der Waals surface area contributed by atoms with Crippen LogP contribution in [0.25, 0.3) is 0 Å². The Balaban J connectivity index is 1.16. The molecule has 2 atom stereocenters. The molecule has 1 heterocycles. The number of piperidine rings is 1. The van der Waals surface area contributed by atoms with Crippen molar-refractivity contribution < 1.29 is 28.5 Å². The standard InChI is InChI=1S/C34H45N3O6/c1-35-34(38)37-19-16-27-8-3-6-11-32(27)42-22-23-43-33-24-36-18-17-30(33)26-12-14-29(15-13-26)41-21-7-20-40-25-28-9-4-5-10-31(28)39-2/h3-6,8-15,30,33,36H,7,16-25H2,1-2H3,(H2,35,37,38)/t30-,33+/m1/s1. The number of nitrogens with one attached hydrogen (secondary N) is 3. The monoisotopic (exact) mass is 591 g/mol. The number of ether oxygens (including phenoxy) is 5. The van der Waals surface area contributed by atoms with Gasteiger partial charge in [0.1, 0.15) is 23.9 Å². The second-order valence-corrected chi connectivity index (χ2v) is 10.4. The Morgan fingerprint density at radius 3 is 2.44 bits per heavy atom. The van der Waals surface area contributed by atoms with Crippen LogP contribution in [0.15, 0.2) is 72.8 Å². The third-order valence-electron chi connectivity index (χ3n) is 7.44. The number of methoxy groups -OCH3 is 1. The molecule has 0 bridgehead atoms. The van der Waals surface area contributed by atoms with E-state index >= 15 is 0 Å². The van der Waals surface area contributed by atoms with E-state index < -0.39 is 0 Å². The minimum Gasteiger partial charge on any atom is -0.496 e. The molecular formula is C34H45N3O6. The molecule has 43 heavy (non-hydrogen) atoms. The van der Waals surface area contributed by atoms with Crippen LogP contribution in [-0.4, -0.2) is 72.4 Å². The maximum atomic E-state index is 11.4. The number of carbonyl (C=O) groups is 1. The first-order chi connectivity index (χ1) is 21.2. The number of para-hydroxylation sites is 2. The molecule has 0 aromatic heterocycles. The summed E-state index contributed by atoms with van der Waals surface area (Å²) in [5.41, 5.74) is 3.36. The van der Waals surface area contributed by atoms with Crippen molar-refractivity contribution in [3.05, 3.63) is 89.5 Å². The van der Waals surface area contributed by atoms with Crippen molar-refractivity contribution in [3.8, 4) is 17.2 Å². The van der Waals surface area contributed by atoms with Gasteiger partial charge < -0.3 is 39.6 Å². The average Bonchev–Trinajstić information content (AvgIpc) is 3.06. The molecule has 2 amide bonds. The van der Waals surface area contributed by atoms with E-state index in [1.807, 2.05) is 60.7 Å². The lowest BCUT2D eigenvalue weighted by Crippen LogP contribution is -2.41. The van der Waals surface area contributed by atoms with Crippen molar-refractivity contribution in [2.75, 3.05) is 60.2 Å². The molecule has 1 saturated heterocycles. The van der Waals surface area contributed by atoms with E-state index in [2.05, 4.69) is 28.1 Å². The molecule has 3 aromatic carbocycles. The average molecular weight is 592 g/mol. The molecule has 0 saturated carbocycles. The Bertz CT molecular complexity index is 1240. The van der Waals surface area contributed by atoms with Gasteiger partial charge >= 0.3 is 6.03 Å². The van der Waals surface area contributed by atoms with Gasteiger partial charge in [-0.25, -0.2) is 4.79 Å². The Morgan fingerprint density at radius 2 is 1.65 bits per heavy atom. The van der Waals surface area contributed by atoms with Crippen molar-refractivity contribution in [1.29, 1.82) is 0 Å². The zero-order valence-corrected chi connectivity index (χ0v) is 25.3. The topological polar surface area (TPSA) is 99.3 Å². The van der Waals surface area contributed by atoms with Crippen LogP contribution in [0, 0.1) is 0 Å². The summed E-state index contributed by atoms with van der Waals surface area (Å²) in [6, 6.07) is 24.0. The van der Waals surface area contributed by atoms with Crippen molar-refractivity contribution in [2.45, 2.75) is 37.9 Å². The smallest absolute Gasteiger partial charge is 0.314 e. The lowest BCUT2D eigenvalue weighted by molar-refractivity contribution is 0.00721. The van der Waals surface area contributed by atoms with Crippen LogP contribution in [0.2, 0.25) is 0 Å². The van der Waals surface area contributed by atoms with Crippen LogP contribution in [0.5, 0.6) is 17.2 Å². The molecule has 0 spiro atoms. The van der Waals surface area contributed by atoms with Crippen LogP contribution >= 0.6 is 0 Å². The first-order valence-electron chi connectivity index (χ1n) is 15.1. The van der Waals surface area contributed by atoms with Crippen LogP contribution in [0.1, 0.15) is 35.4 Å². The highest BCUT2D eigenvalue weighted by molar-refractivity contribution is 5.73. The van der Waals surface area contributed by atoms with Gasteiger partial charge in [0.15, 0.2) is 0 Å². The molecule has 9 nitrogen and oxygen atoms in total. The lowest BCUT2D eigenvalue weighted by Gasteiger charge is -2.32. The molecule has 4 rings (SSSR count). The van der Waals surface area contributed by atoms with E-state index in [0.29, 0.717) is 51.9 Å². The molecule has 1 aliphatic heterocycles. The number of carbonyl (C=O) groups excluding carboxylic acids is 1. The number of amides is 2. The predicted molar refractivity (Wildman–Crippen MR) is 167 cm³/mol. The summed E-state index contributed by atoms with van der Waals surface area (Å²) in [6.45, 7) is 4.99. The molecule has 9 heteroatoms. The van der Waals surface area contributed by atoms with Crippen LogP contribution in [0.4, 0.5) is 4.79 Å². The highest BCUT2D eigenvalue weighted by Gasteiger charge is 2.27. The first kappa shape index (κ1) is 32.1. The Hall–Kier alpha value is -3.79. The summed E-state index contributed by atoms with van der Waals surface area (Å²) in [5, 5.41) is 8.84. The van der Waals surface area contributed by atoms with E-state index in [1.54, 1.807) is 14.2 Å². The molecule has 3 N–H and O–H groups in total. The maximum absolute atomic E-state index is 11.4. The normalized spacial score (nSPS) is 16.3. The summed E-state index contributed by atoms with van der Waals surface area (Å²) < 4.78 is 29.5. The van der Waals surface area contributed by atoms with Crippen molar-refractivity contribution in [2.24, 2.45) is 0 Å². The number of urea groups is 1. The number of rotatable bonds is 17. The highest BCUT2D eigenvalue weighted by atomic mass is 16.5. The van der Waals surface area contributed by atoms with Crippen molar-refractivity contribution in [1.82, 2.24) is 16.0 Å². The maximum Gasteiger partial charge on any atom is 0.314 e. The first-order valence-corrected chi connectivity index (χ1v) is 15.1. The number of benzene rings is 3.